The Morgan fingerprint density at radius 1 is 1.17 bits per heavy atom. The Hall–Kier alpha value is -3.15. The van der Waals surface area contributed by atoms with Gasteiger partial charge in [-0.05, 0) is 30.2 Å². The van der Waals surface area contributed by atoms with Crippen LogP contribution in [0.4, 0.5) is 11.4 Å². The van der Waals surface area contributed by atoms with Gasteiger partial charge in [-0.3, -0.25) is 4.79 Å². The van der Waals surface area contributed by atoms with E-state index in [1.165, 1.54) is 11.3 Å². The molecule has 0 radical (unpaired) electrons. The third-order valence-corrected chi connectivity index (χ3v) is 6.11. The molecular weight excluding hydrogens is 378 g/mol. The van der Waals surface area contributed by atoms with E-state index < -0.39 is 0 Å². The lowest BCUT2D eigenvalue weighted by Gasteiger charge is -2.49. The Balaban J connectivity index is 1.68. The summed E-state index contributed by atoms with van der Waals surface area (Å²) in [5, 5.41) is 3.01. The highest BCUT2D eigenvalue weighted by molar-refractivity contribution is 5.82. The van der Waals surface area contributed by atoms with Crippen LogP contribution >= 0.6 is 0 Å². The summed E-state index contributed by atoms with van der Waals surface area (Å²) >= 11 is 0. The molecule has 2 aromatic carbocycles. The van der Waals surface area contributed by atoms with Gasteiger partial charge in [-0.2, -0.15) is 0 Å². The number of nitrogens with one attached hydrogen (secondary N) is 1. The number of carbonyl (C=O) groups excluding carboxylic acids is 1. The van der Waals surface area contributed by atoms with Crippen molar-refractivity contribution in [3.8, 4) is 11.5 Å². The molecule has 2 atom stereocenters. The SMILES string of the molecule is C=CCNC(=O)[C@@H]1Cc2ccc(OC)cc2N2CCN(c3ccccc3OC)C[C@@H]12. The minimum atomic E-state index is -0.136. The molecule has 2 aliphatic rings. The fraction of sp³-hybridized carbons (Fsp3) is 0.375. The fourth-order valence-corrected chi connectivity index (χ4v) is 4.62. The van der Waals surface area contributed by atoms with E-state index in [-0.39, 0.29) is 17.9 Å². The zero-order chi connectivity index (χ0) is 21.1. The first-order valence-electron chi connectivity index (χ1n) is 10.4. The predicted octanol–water partition coefficient (Wildman–Crippen LogP) is 2.87. The van der Waals surface area contributed by atoms with Crippen molar-refractivity contribution in [1.29, 1.82) is 0 Å². The number of rotatable bonds is 6. The van der Waals surface area contributed by atoms with Crippen LogP contribution in [0.3, 0.4) is 0 Å². The largest absolute Gasteiger partial charge is 0.497 e. The monoisotopic (exact) mass is 407 g/mol. The number of hydrogen-bond donors (Lipinski definition) is 1. The molecule has 0 aliphatic carbocycles. The minimum Gasteiger partial charge on any atom is -0.497 e. The maximum absolute atomic E-state index is 13.1. The Morgan fingerprint density at radius 2 is 2.00 bits per heavy atom. The van der Waals surface area contributed by atoms with E-state index in [1.54, 1.807) is 20.3 Å². The van der Waals surface area contributed by atoms with E-state index in [0.29, 0.717) is 13.0 Å². The Bertz CT molecular complexity index is 930. The maximum Gasteiger partial charge on any atom is 0.225 e. The molecule has 1 fully saturated rings. The van der Waals surface area contributed by atoms with E-state index in [4.69, 9.17) is 9.47 Å². The topological polar surface area (TPSA) is 54.0 Å². The molecule has 1 amide bonds. The number of anilines is 2. The van der Waals surface area contributed by atoms with Crippen LogP contribution in [0.25, 0.3) is 0 Å². The summed E-state index contributed by atoms with van der Waals surface area (Å²) in [6.07, 6.45) is 2.43. The molecule has 2 aliphatic heterocycles. The molecule has 30 heavy (non-hydrogen) atoms. The lowest BCUT2D eigenvalue weighted by molar-refractivity contribution is -0.125. The van der Waals surface area contributed by atoms with Gasteiger partial charge < -0.3 is 24.6 Å². The fourth-order valence-electron chi connectivity index (χ4n) is 4.62. The van der Waals surface area contributed by atoms with Gasteiger partial charge in [-0.25, -0.2) is 0 Å². The Kier molecular flexibility index (Phi) is 5.84. The van der Waals surface area contributed by atoms with Crippen LogP contribution in [0.15, 0.2) is 55.1 Å². The molecule has 2 heterocycles. The summed E-state index contributed by atoms with van der Waals surface area (Å²) in [6.45, 7) is 6.64. The molecule has 158 valence electrons. The van der Waals surface area contributed by atoms with Gasteiger partial charge in [-0.15, -0.1) is 6.58 Å². The van der Waals surface area contributed by atoms with Gasteiger partial charge in [0.2, 0.25) is 5.91 Å². The van der Waals surface area contributed by atoms with E-state index in [2.05, 4.69) is 39.9 Å². The molecule has 0 spiro atoms. The predicted molar refractivity (Wildman–Crippen MR) is 120 cm³/mol. The first-order chi connectivity index (χ1) is 14.7. The standard InChI is InChI=1S/C24H29N3O3/c1-4-11-25-24(28)19-14-17-9-10-18(29-2)15-21(17)27-13-12-26(16-22(19)27)20-7-5-6-8-23(20)30-3/h4-10,15,19,22H,1,11-14,16H2,2-3H3,(H,25,28)/t19-,22+/m1/s1. The average Bonchev–Trinajstić information content (AvgIpc) is 2.81. The zero-order valence-corrected chi connectivity index (χ0v) is 17.6. The highest BCUT2D eigenvalue weighted by Gasteiger charge is 2.42. The molecule has 0 aromatic heterocycles. The van der Waals surface area contributed by atoms with Crippen molar-refractivity contribution in [2.75, 3.05) is 50.2 Å². The Morgan fingerprint density at radius 3 is 2.77 bits per heavy atom. The van der Waals surface area contributed by atoms with E-state index in [0.717, 1.165) is 36.8 Å². The Labute approximate surface area is 178 Å². The van der Waals surface area contributed by atoms with Crippen LogP contribution in [0, 0.1) is 5.92 Å². The number of hydrogen-bond acceptors (Lipinski definition) is 5. The lowest BCUT2D eigenvalue weighted by atomic mass is 9.83. The molecule has 6 nitrogen and oxygen atoms in total. The van der Waals surface area contributed by atoms with Gasteiger partial charge in [0.05, 0.1) is 31.9 Å². The van der Waals surface area contributed by atoms with Crippen LogP contribution in [-0.4, -0.2) is 52.3 Å². The summed E-state index contributed by atoms with van der Waals surface area (Å²) in [5.41, 5.74) is 3.43. The third-order valence-electron chi connectivity index (χ3n) is 6.11. The van der Waals surface area contributed by atoms with Crippen LogP contribution < -0.4 is 24.6 Å². The van der Waals surface area contributed by atoms with Crippen LogP contribution in [0.2, 0.25) is 0 Å². The highest BCUT2D eigenvalue weighted by Crippen LogP contribution is 2.40. The van der Waals surface area contributed by atoms with E-state index in [9.17, 15) is 4.79 Å². The minimum absolute atomic E-state index is 0.0630. The van der Waals surface area contributed by atoms with Crippen molar-refractivity contribution >= 4 is 17.3 Å². The number of amides is 1. The van der Waals surface area contributed by atoms with Crippen LogP contribution in [0.1, 0.15) is 5.56 Å². The summed E-state index contributed by atoms with van der Waals surface area (Å²) in [4.78, 5) is 17.8. The summed E-state index contributed by atoms with van der Waals surface area (Å²) in [7, 11) is 3.39. The second-order valence-corrected chi connectivity index (χ2v) is 7.72. The number of ether oxygens (including phenoxy) is 2. The van der Waals surface area contributed by atoms with Crippen molar-refractivity contribution in [3.63, 3.8) is 0 Å². The summed E-state index contributed by atoms with van der Waals surface area (Å²) in [6, 6.07) is 14.3. The van der Waals surface area contributed by atoms with Crippen molar-refractivity contribution in [2.24, 2.45) is 5.92 Å². The lowest BCUT2D eigenvalue weighted by Crippen LogP contribution is -2.61. The number of carbonyl (C=O) groups is 1. The van der Waals surface area contributed by atoms with Crippen molar-refractivity contribution < 1.29 is 14.3 Å². The maximum atomic E-state index is 13.1. The molecule has 0 saturated carbocycles. The normalized spacial score (nSPS) is 20.1. The molecule has 0 bridgehead atoms. The number of benzene rings is 2. The number of fused-ring (bicyclic) bond motifs is 3. The van der Waals surface area contributed by atoms with Gasteiger partial charge in [0.25, 0.3) is 0 Å². The molecular formula is C24H29N3O3. The van der Waals surface area contributed by atoms with Gasteiger partial charge in [-0.1, -0.05) is 24.3 Å². The number of methoxy groups -OCH3 is 2. The van der Waals surface area contributed by atoms with E-state index in [1.807, 2.05) is 24.3 Å². The van der Waals surface area contributed by atoms with Gasteiger partial charge in [0.1, 0.15) is 11.5 Å². The molecule has 4 rings (SSSR count). The number of nitrogens with zero attached hydrogens (tertiary/aromatic N) is 2. The van der Waals surface area contributed by atoms with Crippen LogP contribution in [0.5, 0.6) is 11.5 Å². The summed E-state index contributed by atoms with van der Waals surface area (Å²) < 4.78 is 11.1. The highest BCUT2D eigenvalue weighted by atomic mass is 16.5. The molecule has 6 heteroatoms. The van der Waals surface area contributed by atoms with Crippen LogP contribution in [-0.2, 0) is 11.2 Å². The van der Waals surface area contributed by atoms with Crippen molar-refractivity contribution in [1.82, 2.24) is 5.32 Å². The number of para-hydroxylation sites is 2. The van der Waals surface area contributed by atoms with Crippen molar-refractivity contribution in [2.45, 2.75) is 12.5 Å². The van der Waals surface area contributed by atoms with Crippen molar-refractivity contribution in [3.05, 3.63) is 60.7 Å². The molecule has 2 aromatic rings. The van der Waals surface area contributed by atoms with Gasteiger partial charge in [0.15, 0.2) is 0 Å². The second-order valence-electron chi connectivity index (χ2n) is 7.72. The first-order valence-corrected chi connectivity index (χ1v) is 10.4. The second kappa shape index (κ2) is 8.69. The molecule has 1 saturated heterocycles. The summed E-state index contributed by atoms with van der Waals surface area (Å²) in [5.74, 6) is 1.64. The molecule has 0 unspecified atom stereocenters. The first kappa shape index (κ1) is 20.1. The van der Waals surface area contributed by atoms with Gasteiger partial charge >= 0.3 is 0 Å². The average molecular weight is 408 g/mol. The quantitative estimate of drug-likeness (QED) is 0.747. The molecule has 1 N–H and O–H groups in total. The third kappa shape index (κ3) is 3.70. The zero-order valence-electron chi connectivity index (χ0n) is 17.6. The van der Waals surface area contributed by atoms with Gasteiger partial charge in [0, 0.05) is 37.9 Å². The van der Waals surface area contributed by atoms with E-state index >= 15 is 0 Å². The smallest absolute Gasteiger partial charge is 0.225 e. The number of piperazine rings is 1.